The first kappa shape index (κ1) is 11.1. The van der Waals surface area contributed by atoms with Crippen molar-refractivity contribution in [1.82, 2.24) is 0 Å². The number of nitro benzene ring substituents is 1. The van der Waals surface area contributed by atoms with Crippen LogP contribution in [0.4, 0.5) is 5.69 Å². The second-order valence-corrected chi connectivity index (χ2v) is 2.81. The normalized spacial score (nSPS) is 12.1. The predicted octanol–water partition coefficient (Wildman–Crippen LogP) is 1.37. The molecule has 0 heterocycles. The van der Waals surface area contributed by atoms with E-state index in [0.717, 1.165) is 0 Å². The monoisotopic (exact) mass is 211 g/mol. The number of hydrogen-bond acceptors (Lipinski definition) is 4. The third kappa shape index (κ3) is 2.50. The van der Waals surface area contributed by atoms with E-state index in [4.69, 9.17) is 9.84 Å². The van der Waals surface area contributed by atoms with Gasteiger partial charge in [0.15, 0.2) is 6.10 Å². The lowest BCUT2D eigenvalue weighted by Gasteiger charge is -2.09. The molecule has 0 bridgehead atoms. The van der Waals surface area contributed by atoms with Crippen molar-refractivity contribution in [3.63, 3.8) is 0 Å². The molecular formula is C9H9NO5. The first-order chi connectivity index (χ1) is 7.06. The number of non-ortho nitro benzene ring substituents is 1. The number of carboxylic acids is 1. The standard InChI is InChI=1S/C9H9NO5/c1-15-8(9(11)12)6-3-2-4-7(5-6)10(13)14/h2-5,8H,1H3,(H,11,12)/t8-/m0/s1. The molecule has 0 amide bonds. The third-order valence-corrected chi connectivity index (χ3v) is 1.84. The van der Waals surface area contributed by atoms with Crippen molar-refractivity contribution < 1.29 is 19.6 Å². The van der Waals surface area contributed by atoms with Crippen LogP contribution in [0, 0.1) is 10.1 Å². The van der Waals surface area contributed by atoms with E-state index in [1.165, 1.54) is 31.4 Å². The maximum Gasteiger partial charge on any atom is 0.337 e. The molecule has 0 fully saturated rings. The molecule has 6 nitrogen and oxygen atoms in total. The molecule has 15 heavy (non-hydrogen) atoms. The van der Waals surface area contributed by atoms with Gasteiger partial charge in [-0.25, -0.2) is 4.79 Å². The summed E-state index contributed by atoms with van der Waals surface area (Å²) in [5.41, 5.74) is 0.0926. The molecule has 6 heteroatoms. The molecule has 0 saturated carbocycles. The molecule has 1 N–H and O–H groups in total. The number of carboxylic acid groups (broad SMARTS) is 1. The van der Waals surface area contributed by atoms with E-state index in [2.05, 4.69) is 0 Å². The topological polar surface area (TPSA) is 89.7 Å². The SMILES string of the molecule is CO[C@H](C(=O)O)c1cccc([N+](=O)[O-])c1. The maximum absolute atomic E-state index is 10.7. The molecule has 1 rings (SSSR count). The summed E-state index contributed by atoms with van der Waals surface area (Å²) in [5, 5.41) is 19.2. The fraction of sp³-hybridized carbons (Fsp3) is 0.222. The van der Waals surface area contributed by atoms with E-state index >= 15 is 0 Å². The Kier molecular flexibility index (Phi) is 3.35. The van der Waals surface area contributed by atoms with Crippen LogP contribution >= 0.6 is 0 Å². The summed E-state index contributed by atoms with van der Waals surface area (Å²) < 4.78 is 4.71. The van der Waals surface area contributed by atoms with Gasteiger partial charge in [0.05, 0.1) is 4.92 Å². The van der Waals surface area contributed by atoms with Gasteiger partial charge in [0, 0.05) is 19.2 Å². The van der Waals surface area contributed by atoms with Gasteiger partial charge in [-0.15, -0.1) is 0 Å². The average Bonchev–Trinajstić information content (AvgIpc) is 2.18. The van der Waals surface area contributed by atoms with E-state index in [1.807, 2.05) is 0 Å². The Morgan fingerprint density at radius 2 is 2.27 bits per heavy atom. The zero-order valence-electron chi connectivity index (χ0n) is 7.91. The molecule has 1 aromatic rings. The van der Waals surface area contributed by atoms with Crippen molar-refractivity contribution in [2.24, 2.45) is 0 Å². The van der Waals surface area contributed by atoms with Crippen LogP contribution in [0.5, 0.6) is 0 Å². The quantitative estimate of drug-likeness (QED) is 0.600. The molecular weight excluding hydrogens is 202 g/mol. The fourth-order valence-corrected chi connectivity index (χ4v) is 1.18. The van der Waals surface area contributed by atoms with Gasteiger partial charge in [-0.2, -0.15) is 0 Å². The summed E-state index contributed by atoms with van der Waals surface area (Å²) in [4.78, 5) is 20.6. The van der Waals surface area contributed by atoms with E-state index in [-0.39, 0.29) is 11.3 Å². The van der Waals surface area contributed by atoms with E-state index < -0.39 is 17.0 Å². The van der Waals surface area contributed by atoms with Crippen LogP contribution in [-0.2, 0) is 9.53 Å². The summed E-state index contributed by atoms with van der Waals surface area (Å²) in [6.45, 7) is 0. The molecule has 0 aliphatic heterocycles. The number of methoxy groups -OCH3 is 1. The molecule has 1 atom stereocenters. The van der Waals surface area contributed by atoms with Crippen molar-refractivity contribution in [3.05, 3.63) is 39.9 Å². The average molecular weight is 211 g/mol. The maximum atomic E-state index is 10.7. The van der Waals surface area contributed by atoms with Crippen molar-refractivity contribution in [3.8, 4) is 0 Å². The Morgan fingerprint density at radius 3 is 2.73 bits per heavy atom. The minimum absolute atomic E-state index is 0.157. The lowest BCUT2D eigenvalue weighted by atomic mass is 10.1. The first-order valence-electron chi connectivity index (χ1n) is 4.06. The zero-order valence-corrected chi connectivity index (χ0v) is 7.91. The Balaban J connectivity index is 3.08. The fourth-order valence-electron chi connectivity index (χ4n) is 1.18. The number of ether oxygens (including phenoxy) is 1. The molecule has 0 radical (unpaired) electrons. The van der Waals surface area contributed by atoms with Crippen LogP contribution < -0.4 is 0 Å². The van der Waals surface area contributed by atoms with Gasteiger partial charge in [0.25, 0.3) is 5.69 Å². The minimum Gasteiger partial charge on any atom is -0.479 e. The van der Waals surface area contributed by atoms with Crippen LogP contribution in [0.25, 0.3) is 0 Å². The molecule has 0 aliphatic carbocycles. The summed E-state index contributed by atoms with van der Waals surface area (Å²) in [7, 11) is 1.23. The number of rotatable bonds is 4. The van der Waals surface area contributed by atoms with E-state index in [0.29, 0.717) is 0 Å². The van der Waals surface area contributed by atoms with Crippen molar-refractivity contribution in [1.29, 1.82) is 0 Å². The van der Waals surface area contributed by atoms with Crippen LogP contribution in [0.3, 0.4) is 0 Å². The summed E-state index contributed by atoms with van der Waals surface area (Å²) in [6.07, 6.45) is -1.18. The highest BCUT2D eigenvalue weighted by molar-refractivity contribution is 5.74. The molecule has 1 aromatic carbocycles. The minimum atomic E-state index is -1.18. The molecule has 0 aliphatic rings. The van der Waals surface area contributed by atoms with Gasteiger partial charge in [0.2, 0.25) is 0 Å². The van der Waals surface area contributed by atoms with Crippen LogP contribution in [-0.4, -0.2) is 23.1 Å². The second kappa shape index (κ2) is 4.52. The van der Waals surface area contributed by atoms with Crippen LogP contribution in [0.15, 0.2) is 24.3 Å². The lowest BCUT2D eigenvalue weighted by Crippen LogP contribution is -2.13. The van der Waals surface area contributed by atoms with Crippen molar-refractivity contribution in [2.75, 3.05) is 7.11 Å². The summed E-state index contributed by atoms with van der Waals surface area (Å²) in [5.74, 6) is -1.18. The third-order valence-electron chi connectivity index (χ3n) is 1.84. The number of benzene rings is 1. The van der Waals surface area contributed by atoms with Crippen molar-refractivity contribution >= 4 is 11.7 Å². The van der Waals surface area contributed by atoms with Gasteiger partial charge >= 0.3 is 5.97 Å². The van der Waals surface area contributed by atoms with Gasteiger partial charge in [-0.1, -0.05) is 12.1 Å². The lowest BCUT2D eigenvalue weighted by molar-refractivity contribution is -0.385. The largest absolute Gasteiger partial charge is 0.479 e. The molecule has 80 valence electrons. The number of nitro groups is 1. The first-order valence-corrected chi connectivity index (χ1v) is 4.06. The Hall–Kier alpha value is -1.95. The summed E-state index contributed by atoms with van der Waals surface area (Å²) in [6, 6.07) is 5.36. The van der Waals surface area contributed by atoms with Gasteiger partial charge in [-0.05, 0) is 5.56 Å². The van der Waals surface area contributed by atoms with Gasteiger partial charge in [-0.3, -0.25) is 10.1 Å². The van der Waals surface area contributed by atoms with E-state index in [1.54, 1.807) is 0 Å². The van der Waals surface area contributed by atoms with Gasteiger partial charge in [0.1, 0.15) is 0 Å². The number of aliphatic carboxylic acids is 1. The summed E-state index contributed by atoms with van der Waals surface area (Å²) >= 11 is 0. The Labute approximate surface area is 85.2 Å². The zero-order chi connectivity index (χ0) is 11.4. The Bertz CT molecular complexity index is 390. The van der Waals surface area contributed by atoms with Crippen LogP contribution in [0.2, 0.25) is 0 Å². The van der Waals surface area contributed by atoms with Crippen molar-refractivity contribution in [2.45, 2.75) is 6.10 Å². The Morgan fingerprint density at radius 1 is 1.60 bits per heavy atom. The molecule has 0 spiro atoms. The number of carbonyl (C=O) groups is 1. The molecule has 0 saturated heterocycles. The van der Waals surface area contributed by atoms with Gasteiger partial charge < -0.3 is 9.84 Å². The van der Waals surface area contributed by atoms with E-state index in [9.17, 15) is 14.9 Å². The second-order valence-electron chi connectivity index (χ2n) is 2.81. The molecule has 0 aromatic heterocycles. The highest BCUT2D eigenvalue weighted by Gasteiger charge is 2.20. The highest BCUT2D eigenvalue weighted by atomic mass is 16.6. The highest BCUT2D eigenvalue weighted by Crippen LogP contribution is 2.21. The number of nitrogens with zero attached hydrogens (tertiary/aromatic N) is 1. The smallest absolute Gasteiger partial charge is 0.337 e. The number of hydrogen-bond donors (Lipinski definition) is 1. The molecule has 0 unspecified atom stereocenters. The predicted molar refractivity (Wildman–Crippen MR) is 50.5 cm³/mol. The van der Waals surface area contributed by atoms with Crippen LogP contribution in [0.1, 0.15) is 11.7 Å².